The van der Waals surface area contributed by atoms with Crippen LogP contribution in [0.15, 0.2) is 17.2 Å². The molecule has 0 saturated heterocycles. The number of Topliss-reactive ketones (excluding diaryl/α,β-unsaturated/α-hetero) is 1. The van der Waals surface area contributed by atoms with E-state index in [1.807, 2.05) is 11.9 Å². The molecule has 1 saturated carbocycles. The van der Waals surface area contributed by atoms with Gasteiger partial charge in [-0.25, -0.2) is 4.98 Å². The predicted molar refractivity (Wildman–Crippen MR) is 65.1 cm³/mol. The molecule has 17 heavy (non-hydrogen) atoms. The second-order valence-corrected chi connectivity index (χ2v) is 4.55. The van der Waals surface area contributed by atoms with Gasteiger partial charge < -0.3 is 9.47 Å². The molecule has 0 amide bonds. The smallest absolute Gasteiger partial charge is 0.293 e. The summed E-state index contributed by atoms with van der Waals surface area (Å²) in [5, 5.41) is 0. The number of aryl methyl sites for hydroxylation is 1. The number of ketones is 1. The average molecular weight is 235 g/mol. The van der Waals surface area contributed by atoms with Gasteiger partial charge in [0, 0.05) is 45.4 Å². The Bertz CT molecular complexity index is 471. The highest BCUT2D eigenvalue weighted by atomic mass is 16.1. The van der Waals surface area contributed by atoms with Crippen molar-refractivity contribution in [2.75, 3.05) is 11.9 Å². The van der Waals surface area contributed by atoms with Gasteiger partial charge in [-0.15, -0.1) is 0 Å². The summed E-state index contributed by atoms with van der Waals surface area (Å²) in [7, 11) is 3.59. The number of carbonyl (C=O) groups is 1. The van der Waals surface area contributed by atoms with Crippen molar-refractivity contribution in [3.05, 3.63) is 22.7 Å². The number of hydrogen-bond donors (Lipinski definition) is 0. The van der Waals surface area contributed by atoms with Crippen LogP contribution in [0, 0.1) is 0 Å². The van der Waals surface area contributed by atoms with Gasteiger partial charge >= 0.3 is 0 Å². The monoisotopic (exact) mass is 235 g/mol. The molecule has 5 heteroatoms. The molecule has 1 aliphatic rings. The molecular weight excluding hydrogens is 218 g/mol. The molecule has 1 aromatic rings. The quantitative estimate of drug-likeness (QED) is 0.758. The van der Waals surface area contributed by atoms with E-state index in [4.69, 9.17) is 0 Å². The van der Waals surface area contributed by atoms with Crippen LogP contribution in [0.2, 0.25) is 0 Å². The van der Waals surface area contributed by atoms with Crippen LogP contribution in [0.1, 0.15) is 25.7 Å². The van der Waals surface area contributed by atoms with Crippen molar-refractivity contribution in [1.29, 1.82) is 0 Å². The van der Waals surface area contributed by atoms with E-state index in [0.29, 0.717) is 24.4 Å². The van der Waals surface area contributed by atoms with Crippen LogP contribution in [0.3, 0.4) is 0 Å². The number of hydrogen-bond acceptors (Lipinski definition) is 4. The van der Waals surface area contributed by atoms with Gasteiger partial charge in [0.05, 0.1) is 0 Å². The van der Waals surface area contributed by atoms with Gasteiger partial charge in [0.15, 0.2) is 5.82 Å². The Morgan fingerprint density at radius 3 is 2.65 bits per heavy atom. The fraction of sp³-hybridized carbons (Fsp3) is 0.583. The molecule has 0 aliphatic heterocycles. The molecule has 0 radical (unpaired) electrons. The molecule has 0 atom stereocenters. The lowest BCUT2D eigenvalue weighted by Gasteiger charge is -2.31. The zero-order valence-corrected chi connectivity index (χ0v) is 10.2. The van der Waals surface area contributed by atoms with Gasteiger partial charge in [0.25, 0.3) is 5.56 Å². The first-order valence-electron chi connectivity index (χ1n) is 5.86. The summed E-state index contributed by atoms with van der Waals surface area (Å²) in [6, 6.07) is 0.246. The molecule has 0 aromatic carbocycles. The minimum atomic E-state index is -0.0908. The first kappa shape index (κ1) is 11.8. The first-order valence-corrected chi connectivity index (χ1v) is 5.86. The molecule has 1 heterocycles. The van der Waals surface area contributed by atoms with Crippen LogP contribution in [0.4, 0.5) is 5.82 Å². The highest BCUT2D eigenvalue weighted by Crippen LogP contribution is 2.21. The molecule has 5 nitrogen and oxygen atoms in total. The summed E-state index contributed by atoms with van der Waals surface area (Å²) in [6.45, 7) is 0. The fourth-order valence-corrected chi connectivity index (χ4v) is 2.21. The van der Waals surface area contributed by atoms with Crippen LogP contribution in [-0.2, 0) is 11.8 Å². The van der Waals surface area contributed by atoms with Crippen molar-refractivity contribution < 1.29 is 4.79 Å². The average Bonchev–Trinajstić information content (AvgIpc) is 2.33. The van der Waals surface area contributed by atoms with Gasteiger partial charge in [0.1, 0.15) is 5.78 Å². The highest BCUT2D eigenvalue weighted by molar-refractivity contribution is 5.79. The van der Waals surface area contributed by atoms with Crippen molar-refractivity contribution in [3.63, 3.8) is 0 Å². The molecule has 0 unspecified atom stereocenters. The van der Waals surface area contributed by atoms with Crippen molar-refractivity contribution in [3.8, 4) is 0 Å². The Kier molecular flexibility index (Phi) is 3.26. The van der Waals surface area contributed by atoms with Crippen molar-refractivity contribution in [2.45, 2.75) is 31.7 Å². The lowest BCUT2D eigenvalue weighted by molar-refractivity contribution is -0.120. The van der Waals surface area contributed by atoms with E-state index in [9.17, 15) is 9.59 Å². The van der Waals surface area contributed by atoms with Gasteiger partial charge in [-0.1, -0.05) is 0 Å². The highest BCUT2D eigenvalue weighted by Gasteiger charge is 2.24. The van der Waals surface area contributed by atoms with E-state index >= 15 is 0 Å². The standard InChI is InChI=1S/C12H17N3O2/c1-14-8-7-13-11(12(14)17)15(2)9-3-5-10(16)6-4-9/h7-9H,3-6H2,1-2H3. The zero-order chi connectivity index (χ0) is 12.4. The molecule has 1 aliphatic carbocycles. The summed E-state index contributed by atoms with van der Waals surface area (Å²) < 4.78 is 1.52. The first-order chi connectivity index (χ1) is 8.09. The number of carbonyl (C=O) groups excluding carboxylic acids is 1. The SMILES string of the molecule is CN(c1nccn(C)c1=O)C1CCC(=O)CC1. The van der Waals surface area contributed by atoms with Gasteiger partial charge in [-0.05, 0) is 12.8 Å². The third-order valence-electron chi connectivity index (χ3n) is 3.39. The maximum atomic E-state index is 11.9. The van der Waals surface area contributed by atoms with Crippen LogP contribution < -0.4 is 10.5 Å². The fourth-order valence-electron chi connectivity index (χ4n) is 2.21. The third kappa shape index (κ3) is 2.38. The maximum Gasteiger partial charge on any atom is 0.293 e. The minimum absolute atomic E-state index is 0.0908. The molecule has 92 valence electrons. The molecular formula is C12H17N3O2. The Labute approximate surface area is 100 Å². The van der Waals surface area contributed by atoms with Gasteiger partial charge in [-0.2, -0.15) is 0 Å². The minimum Gasteiger partial charge on any atom is -0.352 e. The van der Waals surface area contributed by atoms with Crippen LogP contribution in [0.5, 0.6) is 0 Å². The largest absolute Gasteiger partial charge is 0.352 e. The van der Waals surface area contributed by atoms with Gasteiger partial charge in [0.2, 0.25) is 0 Å². The summed E-state index contributed by atoms with van der Waals surface area (Å²) in [5.41, 5.74) is -0.0908. The van der Waals surface area contributed by atoms with Crippen molar-refractivity contribution in [1.82, 2.24) is 9.55 Å². The molecule has 2 rings (SSSR count). The second kappa shape index (κ2) is 4.69. The zero-order valence-electron chi connectivity index (χ0n) is 10.2. The maximum absolute atomic E-state index is 11.9. The van der Waals surface area contributed by atoms with E-state index in [1.54, 1.807) is 19.4 Å². The summed E-state index contributed by atoms with van der Waals surface area (Å²) >= 11 is 0. The normalized spacial score (nSPS) is 17.2. The molecule has 0 N–H and O–H groups in total. The Morgan fingerprint density at radius 1 is 1.35 bits per heavy atom. The van der Waals surface area contributed by atoms with Crippen LogP contribution in [0.25, 0.3) is 0 Å². The number of anilines is 1. The lowest BCUT2D eigenvalue weighted by atomic mass is 9.93. The lowest BCUT2D eigenvalue weighted by Crippen LogP contribution is -2.39. The van der Waals surface area contributed by atoms with Gasteiger partial charge in [-0.3, -0.25) is 9.59 Å². The van der Waals surface area contributed by atoms with E-state index in [2.05, 4.69) is 4.98 Å². The van der Waals surface area contributed by atoms with E-state index < -0.39 is 0 Å². The summed E-state index contributed by atoms with van der Waals surface area (Å²) in [4.78, 5) is 29.2. The van der Waals surface area contributed by atoms with E-state index in [0.717, 1.165) is 12.8 Å². The molecule has 1 fully saturated rings. The Morgan fingerprint density at radius 2 is 2.00 bits per heavy atom. The molecule has 0 spiro atoms. The van der Waals surface area contributed by atoms with Crippen molar-refractivity contribution >= 4 is 11.6 Å². The number of nitrogens with zero attached hydrogens (tertiary/aromatic N) is 3. The Hall–Kier alpha value is -1.65. The summed E-state index contributed by atoms with van der Waals surface area (Å²) in [5.74, 6) is 0.790. The summed E-state index contributed by atoms with van der Waals surface area (Å²) in [6.07, 6.45) is 6.12. The van der Waals surface area contributed by atoms with Crippen molar-refractivity contribution in [2.24, 2.45) is 7.05 Å². The number of rotatable bonds is 2. The second-order valence-electron chi connectivity index (χ2n) is 4.55. The Balaban J connectivity index is 2.19. The predicted octanol–water partition coefficient (Wildman–Crippen LogP) is 0.728. The molecule has 1 aromatic heterocycles. The topological polar surface area (TPSA) is 55.2 Å². The number of aromatic nitrogens is 2. The van der Waals surface area contributed by atoms with E-state index in [1.165, 1.54) is 4.57 Å². The van der Waals surface area contributed by atoms with E-state index in [-0.39, 0.29) is 11.6 Å². The third-order valence-corrected chi connectivity index (χ3v) is 3.39. The van der Waals surface area contributed by atoms with Crippen LogP contribution >= 0.6 is 0 Å². The van der Waals surface area contributed by atoms with Crippen LogP contribution in [-0.4, -0.2) is 28.4 Å². The molecule has 0 bridgehead atoms.